The lowest BCUT2D eigenvalue weighted by atomic mass is 10.2. The minimum absolute atomic E-state index is 0.0220. The first-order valence-electron chi connectivity index (χ1n) is 6.89. The summed E-state index contributed by atoms with van der Waals surface area (Å²) in [6, 6.07) is 7.91. The summed E-state index contributed by atoms with van der Waals surface area (Å²) < 4.78 is 27.5. The fourth-order valence-corrected chi connectivity index (χ4v) is 3.43. The zero-order chi connectivity index (χ0) is 17.3. The maximum absolute atomic E-state index is 12.5. The summed E-state index contributed by atoms with van der Waals surface area (Å²) in [4.78, 5) is 17.8. The predicted molar refractivity (Wildman–Crippen MR) is 92.7 cm³/mol. The first-order chi connectivity index (χ1) is 11.4. The van der Waals surface area contributed by atoms with E-state index >= 15 is 0 Å². The van der Waals surface area contributed by atoms with Crippen molar-refractivity contribution in [3.8, 4) is 0 Å². The minimum Gasteiger partial charge on any atom is -0.358 e. The van der Waals surface area contributed by atoms with Gasteiger partial charge in [-0.15, -0.1) is 0 Å². The average Bonchev–Trinajstić information content (AvgIpc) is 2.90. The van der Waals surface area contributed by atoms with Gasteiger partial charge < -0.3 is 10.3 Å². The number of hydrogen-bond acceptors (Lipinski definition) is 4. The van der Waals surface area contributed by atoms with Crippen LogP contribution in [0.2, 0.25) is 5.02 Å². The summed E-state index contributed by atoms with van der Waals surface area (Å²) in [6.45, 7) is 1.34. The molecule has 9 heteroatoms. The topological polar surface area (TPSA) is 104 Å². The first kappa shape index (κ1) is 16.3. The zero-order valence-electron chi connectivity index (χ0n) is 12.5. The number of nitrogens with zero attached hydrogens (tertiary/aromatic N) is 1. The van der Waals surface area contributed by atoms with Gasteiger partial charge in [0.1, 0.15) is 10.7 Å². The summed E-state index contributed by atoms with van der Waals surface area (Å²) >= 11 is 6.04. The number of amides is 1. The number of anilines is 2. The Morgan fingerprint density at radius 3 is 2.71 bits per heavy atom. The molecule has 2 aromatic heterocycles. The molecule has 0 atom stereocenters. The Bertz CT molecular complexity index is 1010. The van der Waals surface area contributed by atoms with E-state index in [1.807, 2.05) is 0 Å². The third kappa shape index (κ3) is 3.19. The van der Waals surface area contributed by atoms with Gasteiger partial charge in [-0.05, 0) is 18.2 Å². The van der Waals surface area contributed by atoms with Gasteiger partial charge in [-0.3, -0.25) is 9.52 Å². The Morgan fingerprint density at radius 1 is 1.25 bits per heavy atom. The lowest BCUT2D eigenvalue weighted by Crippen LogP contribution is -2.14. The van der Waals surface area contributed by atoms with Crippen LogP contribution >= 0.6 is 11.6 Å². The lowest BCUT2D eigenvalue weighted by Gasteiger charge is -2.09. The Hall–Kier alpha value is -2.58. The summed E-state index contributed by atoms with van der Waals surface area (Å²) in [5.74, 6) is -0.00812. The molecule has 3 N–H and O–H groups in total. The number of aromatic amines is 1. The number of carbonyl (C=O) groups is 1. The molecule has 0 aliphatic carbocycles. The molecule has 0 fully saturated rings. The molecule has 0 unspecified atom stereocenters. The molecule has 0 radical (unpaired) electrons. The van der Waals surface area contributed by atoms with Crippen LogP contribution in [0.4, 0.5) is 11.5 Å². The SMILES string of the molecule is CC(=O)Nc1ccc(S(=O)(=O)Nc2cccc3c(Cl)c[nH]c23)cn1. The van der Waals surface area contributed by atoms with Crippen molar-refractivity contribution in [2.75, 3.05) is 10.0 Å². The second-order valence-corrected chi connectivity index (χ2v) is 7.12. The van der Waals surface area contributed by atoms with Crippen molar-refractivity contribution in [3.63, 3.8) is 0 Å². The van der Waals surface area contributed by atoms with E-state index in [2.05, 4.69) is 20.0 Å². The van der Waals surface area contributed by atoms with Gasteiger partial charge in [0.05, 0.1) is 16.2 Å². The van der Waals surface area contributed by atoms with Crippen LogP contribution in [0.5, 0.6) is 0 Å². The second-order valence-electron chi connectivity index (χ2n) is 5.03. The van der Waals surface area contributed by atoms with Crippen molar-refractivity contribution in [3.05, 3.63) is 47.7 Å². The van der Waals surface area contributed by atoms with Gasteiger partial charge >= 0.3 is 0 Å². The number of nitrogens with one attached hydrogen (secondary N) is 3. The molecule has 0 saturated carbocycles. The molecule has 124 valence electrons. The molecule has 0 aliphatic heterocycles. The first-order valence-corrected chi connectivity index (χ1v) is 8.75. The van der Waals surface area contributed by atoms with E-state index in [9.17, 15) is 13.2 Å². The highest BCUT2D eigenvalue weighted by Gasteiger charge is 2.17. The number of pyridine rings is 1. The number of para-hydroxylation sites is 1. The number of benzene rings is 1. The van der Waals surface area contributed by atoms with E-state index in [0.29, 0.717) is 16.2 Å². The maximum Gasteiger partial charge on any atom is 0.263 e. The zero-order valence-corrected chi connectivity index (χ0v) is 14.1. The van der Waals surface area contributed by atoms with Crippen molar-refractivity contribution in [1.82, 2.24) is 9.97 Å². The van der Waals surface area contributed by atoms with Crippen molar-refractivity contribution in [2.24, 2.45) is 0 Å². The molecule has 3 aromatic rings. The summed E-state index contributed by atoms with van der Waals surface area (Å²) in [7, 11) is -3.83. The Labute approximate surface area is 143 Å². The van der Waals surface area contributed by atoms with Crippen molar-refractivity contribution in [2.45, 2.75) is 11.8 Å². The van der Waals surface area contributed by atoms with Crippen molar-refractivity contribution in [1.29, 1.82) is 0 Å². The van der Waals surface area contributed by atoms with Crippen LogP contribution in [-0.2, 0) is 14.8 Å². The van der Waals surface area contributed by atoms with E-state index in [0.717, 1.165) is 5.39 Å². The molecule has 0 spiro atoms. The van der Waals surface area contributed by atoms with Gasteiger partial charge in [-0.25, -0.2) is 13.4 Å². The van der Waals surface area contributed by atoms with E-state index in [-0.39, 0.29) is 16.6 Å². The number of sulfonamides is 1. The Balaban J connectivity index is 1.91. The Kier molecular flexibility index (Phi) is 4.16. The highest BCUT2D eigenvalue weighted by Crippen LogP contribution is 2.29. The largest absolute Gasteiger partial charge is 0.358 e. The average molecular weight is 365 g/mol. The smallest absolute Gasteiger partial charge is 0.263 e. The minimum atomic E-state index is -3.83. The number of hydrogen-bond donors (Lipinski definition) is 3. The number of H-pyrrole nitrogens is 1. The van der Waals surface area contributed by atoms with Crippen LogP contribution in [0.3, 0.4) is 0 Å². The molecule has 24 heavy (non-hydrogen) atoms. The third-order valence-corrected chi connectivity index (χ3v) is 4.92. The highest BCUT2D eigenvalue weighted by atomic mass is 35.5. The van der Waals surface area contributed by atoms with E-state index in [1.165, 1.54) is 25.3 Å². The number of fused-ring (bicyclic) bond motifs is 1. The van der Waals surface area contributed by atoms with Gasteiger partial charge in [0, 0.05) is 24.7 Å². The lowest BCUT2D eigenvalue weighted by molar-refractivity contribution is -0.114. The summed E-state index contributed by atoms with van der Waals surface area (Å²) in [5.41, 5.74) is 0.972. The van der Waals surface area contributed by atoms with Crippen molar-refractivity contribution >= 4 is 49.9 Å². The molecule has 2 heterocycles. The highest BCUT2D eigenvalue weighted by molar-refractivity contribution is 7.92. The van der Waals surface area contributed by atoms with Crippen molar-refractivity contribution < 1.29 is 13.2 Å². The van der Waals surface area contributed by atoms with Crippen LogP contribution in [0.25, 0.3) is 10.9 Å². The summed E-state index contributed by atoms with van der Waals surface area (Å²) in [5, 5.41) is 3.70. The van der Waals surface area contributed by atoms with Gasteiger partial charge in [0.25, 0.3) is 10.0 Å². The summed E-state index contributed by atoms with van der Waals surface area (Å²) in [6.07, 6.45) is 2.77. The maximum atomic E-state index is 12.5. The molecular weight excluding hydrogens is 352 g/mol. The Morgan fingerprint density at radius 2 is 2.04 bits per heavy atom. The predicted octanol–water partition coefficient (Wildman–Crippen LogP) is 2.98. The van der Waals surface area contributed by atoms with Crippen LogP contribution in [0, 0.1) is 0 Å². The molecule has 0 aliphatic rings. The molecule has 1 amide bonds. The number of rotatable bonds is 4. The molecule has 0 saturated heterocycles. The second kappa shape index (κ2) is 6.14. The number of halogens is 1. The molecular formula is C15H13ClN4O3S. The van der Waals surface area contributed by atoms with E-state index in [4.69, 9.17) is 11.6 Å². The fraction of sp³-hybridized carbons (Fsp3) is 0.0667. The normalized spacial score (nSPS) is 11.4. The fourth-order valence-electron chi connectivity index (χ4n) is 2.20. The monoisotopic (exact) mass is 364 g/mol. The van der Waals surface area contributed by atoms with E-state index in [1.54, 1.807) is 24.4 Å². The number of carbonyl (C=O) groups excluding carboxylic acids is 1. The van der Waals surface area contributed by atoms with Crippen LogP contribution in [0.15, 0.2) is 47.6 Å². The molecule has 0 bridgehead atoms. The van der Waals surface area contributed by atoms with Gasteiger partial charge in [-0.2, -0.15) is 0 Å². The van der Waals surface area contributed by atoms with Crippen LogP contribution < -0.4 is 10.0 Å². The van der Waals surface area contributed by atoms with Crippen LogP contribution in [-0.4, -0.2) is 24.3 Å². The number of aromatic nitrogens is 2. The molecule has 3 rings (SSSR count). The van der Waals surface area contributed by atoms with Gasteiger partial charge in [0.2, 0.25) is 5.91 Å². The standard InChI is InChI=1S/C15H13ClN4O3S/c1-9(21)19-14-6-5-10(7-17-14)24(22,23)20-13-4-2-3-11-12(16)8-18-15(11)13/h2-8,18,20H,1H3,(H,17,19,21). The van der Waals surface area contributed by atoms with Gasteiger partial charge in [0.15, 0.2) is 0 Å². The quantitative estimate of drug-likeness (QED) is 0.662. The molecule has 1 aromatic carbocycles. The third-order valence-electron chi connectivity index (χ3n) is 3.26. The van der Waals surface area contributed by atoms with Gasteiger partial charge in [-0.1, -0.05) is 23.7 Å². The molecule has 7 nitrogen and oxygen atoms in total. The van der Waals surface area contributed by atoms with Crippen LogP contribution in [0.1, 0.15) is 6.92 Å². The van der Waals surface area contributed by atoms with E-state index < -0.39 is 10.0 Å².